The van der Waals surface area contributed by atoms with Crippen LogP contribution in [0.2, 0.25) is 0 Å². The molecule has 3 rings (SSSR count). The van der Waals surface area contributed by atoms with E-state index in [1.54, 1.807) is 12.4 Å². The molecule has 0 aliphatic heterocycles. The van der Waals surface area contributed by atoms with Gasteiger partial charge in [0.05, 0.1) is 17.8 Å². The zero-order chi connectivity index (χ0) is 14.7. The third kappa shape index (κ3) is 3.50. The van der Waals surface area contributed by atoms with Gasteiger partial charge in [-0.05, 0) is 19.1 Å². The van der Waals surface area contributed by atoms with Crippen molar-refractivity contribution < 1.29 is 4.79 Å². The lowest BCUT2D eigenvalue weighted by atomic mass is 10.3. The van der Waals surface area contributed by atoms with E-state index < -0.39 is 0 Å². The van der Waals surface area contributed by atoms with Crippen molar-refractivity contribution in [2.24, 2.45) is 0 Å². The summed E-state index contributed by atoms with van der Waals surface area (Å²) in [6.45, 7) is 1.95. The summed E-state index contributed by atoms with van der Waals surface area (Å²) in [6.07, 6.45) is 3.71. The Hall–Kier alpha value is -2.12. The molecule has 0 saturated heterocycles. The van der Waals surface area contributed by atoms with E-state index in [-0.39, 0.29) is 12.3 Å². The van der Waals surface area contributed by atoms with E-state index in [1.807, 2.05) is 30.5 Å². The Morgan fingerprint density at radius 1 is 1.33 bits per heavy atom. The van der Waals surface area contributed by atoms with Gasteiger partial charge in [-0.3, -0.25) is 9.78 Å². The molecule has 0 spiro atoms. The average molecular weight is 316 g/mol. The molecule has 0 aliphatic carbocycles. The standard InChI is InChI=1S/C14H12N4OS2/c1-9-7-16-14(21-9)18-12(19)6-10-8-20-13(17-10)11-4-2-3-5-15-11/h2-5,7-8H,6H2,1H3,(H,16,18,19). The number of hydrogen-bond acceptors (Lipinski definition) is 6. The highest BCUT2D eigenvalue weighted by Crippen LogP contribution is 2.22. The summed E-state index contributed by atoms with van der Waals surface area (Å²) in [5, 5.41) is 6.11. The SMILES string of the molecule is Cc1cnc(NC(=O)Cc2csc(-c3ccccn3)n2)s1. The predicted octanol–water partition coefficient (Wildman–Crippen LogP) is 3.15. The molecule has 0 fully saturated rings. The summed E-state index contributed by atoms with van der Waals surface area (Å²) in [5.74, 6) is -0.109. The number of thiazole rings is 2. The molecule has 0 saturated carbocycles. The van der Waals surface area contributed by atoms with E-state index in [9.17, 15) is 4.79 Å². The lowest BCUT2D eigenvalue weighted by Gasteiger charge is -1.98. The molecule has 21 heavy (non-hydrogen) atoms. The van der Waals surface area contributed by atoms with E-state index in [4.69, 9.17) is 0 Å². The highest BCUT2D eigenvalue weighted by molar-refractivity contribution is 7.15. The van der Waals surface area contributed by atoms with Crippen molar-refractivity contribution in [3.63, 3.8) is 0 Å². The van der Waals surface area contributed by atoms with Gasteiger partial charge in [0, 0.05) is 22.7 Å². The van der Waals surface area contributed by atoms with Crippen molar-refractivity contribution in [2.45, 2.75) is 13.3 Å². The molecule has 1 amide bonds. The van der Waals surface area contributed by atoms with Crippen LogP contribution >= 0.6 is 22.7 Å². The number of aryl methyl sites for hydroxylation is 1. The van der Waals surface area contributed by atoms with E-state index in [1.165, 1.54) is 22.7 Å². The second-order valence-electron chi connectivity index (χ2n) is 4.36. The van der Waals surface area contributed by atoms with Crippen molar-refractivity contribution in [1.82, 2.24) is 15.0 Å². The summed E-state index contributed by atoms with van der Waals surface area (Å²) in [5.41, 5.74) is 1.57. The van der Waals surface area contributed by atoms with Crippen molar-refractivity contribution in [1.29, 1.82) is 0 Å². The second-order valence-corrected chi connectivity index (χ2v) is 6.45. The Balaban J connectivity index is 1.66. The third-order valence-corrected chi connectivity index (χ3v) is 4.39. The molecule has 3 aromatic heterocycles. The highest BCUT2D eigenvalue weighted by Gasteiger charge is 2.11. The molecule has 7 heteroatoms. The van der Waals surface area contributed by atoms with Gasteiger partial charge in [-0.25, -0.2) is 9.97 Å². The number of nitrogens with zero attached hydrogens (tertiary/aromatic N) is 3. The Morgan fingerprint density at radius 3 is 2.95 bits per heavy atom. The highest BCUT2D eigenvalue weighted by atomic mass is 32.1. The molecular formula is C14H12N4OS2. The maximum Gasteiger partial charge on any atom is 0.232 e. The first-order valence-electron chi connectivity index (χ1n) is 6.29. The first kappa shape index (κ1) is 13.8. The number of hydrogen-bond donors (Lipinski definition) is 1. The Labute approximate surface area is 129 Å². The van der Waals surface area contributed by atoms with Gasteiger partial charge in [0.1, 0.15) is 5.01 Å². The lowest BCUT2D eigenvalue weighted by Crippen LogP contribution is -2.14. The number of rotatable bonds is 4. The molecule has 3 heterocycles. The lowest BCUT2D eigenvalue weighted by molar-refractivity contribution is -0.115. The fourth-order valence-corrected chi connectivity index (χ4v) is 3.21. The molecule has 0 aliphatic rings. The Kier molecular flexibility index (Phi) is 4.03. The second kappa shape index (κ2) is 6.11. The van der Waals surface area contributed by atoms with Crippen LogP contribution in [0.5, 0.6) is 0 Å². The molecule has 3 aromatic rings. The fraction of sp³-hybridized carbons (Fsp3) is 0.143. The molecule has 5 nitrogen and oxygen atoms in total. The number of anilines is 1. The summed E-state index contributed by atoms with van der Waals surface area (Å²) < 4.78 is 0. The van der Waals surface area contributed by atoms with Crippen LogP contribution < -0.4 is 5.32 Å². The van der Waals surface area contributed by atoms with Crippen LogP contribution in [-0.4, -0.2) is 20.9 Å². The van der Waals surface area contributed by atoms with E-state index in [2.05, 4.69) is 20.3 Å². The normalized spacial score (nSPS) is 10.5. The average Bonchev–Trinajstić information content (AvgIpc) is 3.09. The molecule has 0 atom stereocenters. The number of aromatic nitrogens is 3. The smallest absolute Gasteiger partial charge is 0.232 e. The van der Waals surface area contributed by atoms with Gasteiger partial charge >= 0.3 is 0 Å². The number of amides is 1. The van der Waals surface area contributed by atoms with Crippen LogP contribution in [0.1, 0.15) is 10.6 Å². The zero-order valence-corrected chi connectivity index (χ0v) is 12.9. The minimum absolute atomic E-state index is 0.109. The largest absolute Gasteiger partial charge is 0.302 e. The van der Waals surface area contributed by atoms with Gasteiger partial charge in [-0.1, -0.05) is 6.07 Å². The van der Waals surface area contributed by atoms with Gasteiger partial charge in [0.25, 0.3) is 0 Å². The zero-order valence-electron chi connectivity index (χ0n) is 11.2. The van der Waals surface area contributed by atoms with E-state index >= 15 is 0 Å². The summed E-state index contributed by atoms with van der Waals surface area (Å²) >= 11 is 2.95. The van der Waals surface area contributed by atoms with Crippen LogP contribution in [0, 0.1) is 6.92 Å². The first-order valence-corrected chi connectivity index (χ1v) is 7.98. The molecular weight excluding hydrogens is 304 g/mol. The van der Waals surface area contributed by atoms with Gasteiger partial charge < -0.3 is 5.32 Å². The van der Waals surface area contributed by atoms with Crippen molar-refractivity contribution in [3.05, 3.63) is 46.5 Å². The van der Waals surface area contributed by atoms with Crippen LogP contribution in [0.15, 0.2) is 36.0 Å². The molecule has 0 aromatic carbocycles. The molecule has 1 N–H and O–H groups in total. The minimum atomic E-state index is -0.109. The van der Waals surface area contributed by atoms with E-state index in [0.29, 0.717) is 5.13 Å². The summed E-state index contributed by atoms with van der Waals surface area (Å²) in [4.78, 5) is 25.8. The van der Waals surface area contributed by atoms with Crippen molar-refractivity contribution in [2.75, 3.05) is 5.32 Å². The van der Waals surface area contributed by atoms with Gasteiger partial charge in [-0.15, -0.1) is 22.7 Å². The van der Waals surface area contributed by atoms with Crippen molar-refractivity contribution >= 4 is 33.7 Å². The number of carbonyl (C=O) groups is 1. The predicted molar refractivity (Wildman–Crippen MR) is 84.5 cm³/mol. The number of pyridine rings is 1. The van der Waals surface area contributed by atoms with Gasteiger partial charge in [-0.2, -0.15) is 0 Å². The molecule has 0 bridgehead atoms. The Bertz CT molecular complexity index is 751. The first-order chi connectivity index (χ1) is 10.2. The topological polar surface area (TPSA) is 67.8 Å². The number of carbonyl (C=O) groups excluding carboxylic acids is 1. The number of nitrogens with one attached hydrogen (secondary N) is 1. The molecule has 0 unspecified atom stereocenters. The van der Waals surface area contributed by atoms with Gasteiger partial charge in [0.15, 0.2) is 5.13 Å². The molecule has 0 radical (unpaired) electrons. The maximum atomic E-state index is 11.9. The van der Waals surface area contributed by atoms with Crippen LogP contribution in [0.25, 0.3) is 10.7 Å². The Morgan fingerprint density at radius 2 is 2.24 bits per heavy atom. The van der Waals surface area contributed by atoms with E-state index in [0.717, 1.165) is 21.3 Å². The summed E-state index contributed by atoms with van der Waals surface area (Å²) in [6, 6.07) is 5.68. The quantitative estimate of drug-likeness (QED) is 0.803. The van der Waals surface area contributed by atoms with Gasteiger partial charge in [0.2, 0.25) is 5.91 Å². The monoisotopic (exact) mass is 316 g/mol. The van der Waals surface area contributed by atoms with Crippen LogP contribution in [-0.2, 0) is 11.2 Å². The maximum absolute atomic E-state index is 11.9. The van der Waals surface area contributed by atoms with Crippen molar-refractivity contribution in [3.8, 4) is 10.7 Å². The third-order valence-electron chi connectivity index (χ3n) is 2.65. The van der Waals surface area contributed by atoms with Crippen LogP contribution in [0.3, 0.4) is 0 Å². The molecule has 106 valence electrons. The van der Waals surface area contributed by atoms with Crippen LogP contribution in [0.4, 0.5) is 5.13 Å². The minimum Gasteiger partial charge on any atom is -0.302 e. The summed E-state index contributed by atoms with van der Waals surface area (Å²) in [7, 11) is 0. The fourth-order valence-electron chi connectivity index (χ4n) is 1.74.